The molecule has 2 rings (SSSR count). The molecule has 0 aliphatic heterocycles. The van der Waals surface area contributed by atoms with Crippen LogP contribution in [0.2, 0.25) is 0 Å². The highest BCUT2D eigenvalue weighted by Crippen LogP contribution is 2.19. The number of aromatic amines is 1. The van der Waals surface area contributed by atoms with Gasteiger partial charge in [0, 0.05) is 23.5 Å². The van der Waals surface area contributed by atoms with Gasteiger partial charge in [-0.3, -0.25) is 9.59 Å². The molecule has 1 aromatic carbocycles. The number of hydrogen-bond acceptors (Lipinski definition) is 5. The minimum Gasteiger partial charge on any atom is -0.480 e. The minimum atomic E-state index is -1.18. The van der Waals surface area contributed by atoms with Gasteiger partial charge in [-0.2, -0.15) is 0 Å². The molecule has 29 heavy (non-hydrogen) atoms. The molecule has 0 spiro atoms. The second kappa shape index (κ2) is 10.0. The van der Waals surface area contributed by atoms with Crippen LogP contribution in [-0.2, 0) is 20.8 Å². The largest absolute Gasteiger partial charge is 0.480 e. The predicted octanol–water partition coefficient (Wildman–Crippen LogP) is 0.130. The van der Waals surface area contributed by atoms with E-state index >= 15 is 0 Å². The van der Waals surface area contributed by atoms with Crippen molar-refractivity contribution in [3.63, 3.8) is 0 Å². The lowest BCUT2D eigenvalue weighted by Gasteiger charge is -2.26. The first kappa shape index (κ1) is 22.4. The molecular weight excluding hydrogens is 376 g/mol. The summed E-state index contributed by atoms with van der Waals surface area (Å²) in [7, 11) is 0. The number of carboxylic acid groups (broad SMARTS) is 1. The minimum absolute atomic E-state index is 0.0857. The van der Waals surface area contributed by atoms with Gasteiger partial charge in [-0.05, 0) is 17.5 Å². The molecule has 158 valence electrons. The highest BCUT2D eigenvalue weighted by Gasteiger charge is 2.31. The Morgan fingerprint density at radius 2 is 1.86 bits per heavy atom. The van der Waals surface area contributed by atoms with Gasteiger partial charge in [-0.1, -0.05) is 38.5 Å². The highest BCUT2D eigenvalue weighted by atomic mass is 16.4. The van der Waals surface area contributed by atoms with Gasteiger partial charge in [-0.15, -0.1) is 0 Å². The first-order chi connectivity index (χ1) is 13.8. The summed E-state index contributed by atoms with van der Waals surface area (Å²) in [6.45, 7) is 3.06. The van der Waals surface area contributed by atoms with E-state index < -0.39 is 42.5 Å². The average Bonchev–Trinajstić information content (AvgIpc) is 3.12. The Bertz CT molecular complexity index is 865. The maximum absolute atomic E-state index is 12.8. The molecule has 1 aromatic heterocycles. The third kappa shape index (κ3) is 5.55. The van der Waals surface area contributed by atoms with E-state index in [4.69, 9.17) is 10.8 Å². The summed E-state index contributed by atoms with van der Waals surface area (Å²) in [5.41, 5.74) is 7.15. The number of aromatic nitrogens is 1. The molecular formula is C20H28N4O5. The molecule has 0 saturated heterocycles. The van der Waals surface area contributed by atoms with E-state index in [1.54, 1.807) is 13.1 Å². The third-order valence-electron chi connectivity index (χ3n) is 5.04. The van der Waals surface area contributed by atoms with Gasteiger partial charge in [0.15, 0.2) is 0 Å². The molecule has 0 bridgehead atoms. The van der Waals surface area contributed by atoms with Crippen LogP contribution in [0.1, 0.15) is 25.8 Å². The number of hydrogen-bond donors (Lipinski definition) is 6. The van der Waals surface area contributed by atoms with Crippen molar-refractivity contribution in [3.8, 4) is 0 Å². The zero-order valence-corrected chi connectivity index (χ0v) is 16.5. The van der Waals surface area contributed by atoms with Crippen molar-refractivity contribution >= 4 is 28.7 Å². The number of nitrogens with two attached hydrogens (primary N) is 1. The Morgan fingerprint density at radius 1 is 1.17 bits per heavy atom. The molecule has 0 radical (unpaired) electrons. The normalized spacial score (nSPS) is 15.3. The molecule has 2 amide bonds. The van der Waals surface area contributed by atoms with Crippen LogP contribution in [0, 0.1) is 5.92 Å². The second-order valence-corrected chi connectivity index (χ2v) is 7.12. The number of nitrogens with one attached hydrogen (secondary N) is 3. The third-order valence-corrected chi connectivity index (χ3v) is 5.04. The fraction of sp³-hybridized carbons (Fsp3) is 0.450. The summed E-state index contributed by atoms with van der Waals surface area (Å²) < 4.78 is 0. The number of aliphatic hydroxyl groups is 1. The molecule has 0 fully saturated rings. The van der Waals surface area contributed by atoms with Gasteiger partial charge < -0.3 is 31.6 Å². The van der Waals surface area contributed by atoms with E-state index in [9.17, 15) is 19.5 Å². The van der Waals surface area contributed by atoms with E-state index in [1.165, 1.54) is 0 Å². The SMILES string of the molecule is CCC(C)C(NC(=O)C(N)CO)C(=O)NC(Cc1c[nH]c2ccccc12)C(=O)O. The Labute approximate surface area is 168 Å². The van der Waals surface area contributed by atoms with Crippen LogP contribution in [0.3, 0.4) is 0 Å². The fourth-order valence-electron chi connectivity index (χ4n) is 3.03. The Morgan fingerprint density at radius 3 is 2.48 bits per heavy atom. The van der Waals surface area contributed by atoms with Gasteiger partial charge in [0.05, 0.1) is 6.61 Å². The lowest BCUT2D eigenvalue weighted by atomic mass is 9.97. The Kier molecular flexibility index (Phi) is 7.74. The lowest BCUT2D eigenvalue weighted by Crippen LogP contribution is -2.57. The van der Waals surface area contributed by atoms with Crippen molar-refractivity contribution in [2.24, 2.45) is 11.7 Å². The van der Waals surface area contributed by atoms with Crippen molar-refractivity contribution in [1.82, 2.24) is 15.6 Å². The molecule has 9 heteroatoms. The summed E-state index contributed by atoms with van der Waals surface area (Å²) in [4.78, 5) is 39.7. The van der Waals surface area contributed by atoms with Crippen molar-refractivity contribution in [2.75, 3.05) is 6.61 Å². The van der Waals surface area contributed by atoms with Crippen LogP contribution in [0.25, 0.3) is 10.9 Å². The van der Waals surface area contributed by atoms with Crippen molar-refractivity contribution in [2.45, 2.75) is 44.8 Å². The number of fused-ring (bicyclic) bond motifs is 1. The summed E-state index contributed by atoms with van der Waals surface area (Å²) in [6.07, 6.45) is 2.39. The molecule has 9 nitrogen and oxygen atoms in total. The first-order valence-corrected chi connectivity index (χ1v) is 9.53. The van der Waals surface area contributed by atoms with Crippen LogP contribution in [0.15, 0.2) is 30.5 Å². The molecule has 0 saturated carbocycles. The molecule has 4 atom stereocenters. The van der Waals surface area contributed by atoms with Crippen LogP contribution >= 0.6 is 0 Å². The maximum atomic E-state index is 12.8. The molecule has 4 unspecified atom stereocenters. The van der Waals surface area contributed by atoms with Gasteiger partial charge in [-0.25, -0.2) is 4.79 Å². The summed E-state index contributed by atoms with van der Waals surface area (Å²) in [5, 5.41) is 24.6. The zero-order valence-electron chi connectivity index (χ0n) is 16.5. The van der Waals surface area contributed by atoms with Gasteiger partial charge in [0.1, 0.15) is 18.1 Å². The lowest BCUT2D eigenvalue weighted by molar-refractivity contribution is -0.142. The van der Waals surface area contributed by atoms with Crippen LogP contribution in [-0.4, -0.2) is 57.7 Å². The average molecular weight is 404 g/mol. The molecule has 0 aliphatic carbocycles. The molecule has 2 aromatic rings. The quantitative estimate of drug-likeness (QED) is 0.330. The number of aliphatic hydroxyl groups excluding tert-OH is 1. The van der Waals surface area contributed by atoms with Gasteiger partial charge in [0.25, 0.3) is 0 Å². The standard InChI is InChI=1S/C20H28N4O5/c1-3-11(2)17(24-18(26)14(21)10-25)19(27)23-16(20(28)29)8-12-9-22-15-7-5-4-6-13(12)15/h4-7,9,11,14,16-17,22,25H,3,8,10,21H2,1-2H3,(H,23,27)(H,24,26)(H,28,29). The number of carbonyl (C=O) groups is 3. The molecule has 1 heterocycles. The first-order valence-electron chi connectivity index (χ1n) is 9.53. The number of amides is 2. The zero-order chi connectivity index (χ0) is 21.6. The number of carbonyl (C=O) groups excluding carboxylic acids is 2. The smallest absolute Gasteiger partial charge is 0.326 e. The number of aliphatic carboxylic acids is 1. The predicted molar refractivity (Wildman–Crippen MR) is 108 cm³/mol. The van der Waals surface area contributed by atoms with Crippen molar-refractivity contribution in [1.29, 1.82) is 0 Å². The Balaban J connectivity index is 2.17. The summed E-state index contributed by atoms with van der Waals surface area (Å²) in [6, 6.07) is 4.19. The van der Waals surface area contributed by atoms with E-state index in [1.807, 2.05) is 31.2 Å². The van der Waals surface area contributed by atoms with Crippen molar-refractivity contribution in [3.05, 3.63) is 36.0 Å². The second-order valence-electron chi connectivity index (χ2n) is 7.12. The van der Waals surface area contributed by atoms with E-state index in [0.29, 0.717) is 6.42 Å². The van der Waals surface area contributed by atoms with E-state index in [-0.39, 0.29) is 12.3 Å². The molecule has 7 N–H and O–H groups in total. The van der Waals surface area contributed by atoms with Crippen molar-refractivity contribution < 1.29 is 24.6 Å². The monoisotopic (exact) mass is 404 g/mol. The van der Waals surface area contributed by atoms with Crippen LogP contribution < -0.4 is 16.4 Å². The van der Waals surface area contributed by atoms with Crippen LogP contribution in [0.5, 0.6) is 0 Å². The van der Waals surface area contributed by atoms with E-state index in [0.717, 1.165) is 16.5 Å². The maximum Gasteiger partial charge on any atom is 0.326 e. The summed E-state index contributed by atoms with van der Waals surface area (Å²) >= 11 is 0. The van der Waals surface area contributed by atoms with Crippen LogP contribution in [0.4, 0.5) is 0 Å². The molecule has 0 aliphatic rings. The number of carboxylic acids is 1. The number of benzene rings is 1. The highest BCUT2D eigenvalue weighted by molar-refractivity contribution is 5.92. The fourth-order valence-corrected chi connectivity index (χ4v) is 3.03. The number of H-pyrrole nitrogens is 1. The van der Waals surface area contributed by atoms with Gasteiger partial charge in [0.2, 0.25) is 11.8 Å². The number of rotatable bonds is 10. The summed E-state index contributed by atoms with van der Waals surface area (Å²) in [5.74, 6) is -2.71. The Hall–Kier alpha value is -2.91. The van der Waals surface area contributed by atoms with E-state index in [2.05, 4.69) is 15.6 Å². The topological polar surface area (TPSA) is 158 Å². The van der Waals surface area contributed by atoms with Gasteiger partial charge >= 0.3 is 5.97 Å². The number of para-hydroxylation sites is 1.